The fourth-order valence-electron chi connectivity index (χ4n) is 4.52. The van der Waals surface area contributed by atoms with Gasteiger partial charge in [-0.15, -0.1) is 24.5 Å². The summed E-state index contributed by atoms with van der Waals surface area (Å²) in [5, 5.41) is 3.52. The lowest BCUT2D eigenvalue weighted by atomic mass is 10.0. The van der Waals surface area contributed by atoms with Crippen molar-refractivity contribution < 1.29 is 18.0 Å². The summed E-state index contributed by atoms with van der Waals surface area (Å²) in [5.41, 5.74) is 1.93. The Balaban J connectivity index is 1.90. The average molecular weight is 559 g/mol. The standard InChI is InChI=1S/C28H38N4O4S2/c1-6-15-31(16-7-2)28(34)25-23-14-19-30(5)20-24(23)37-27(25)29-26(33)21-10-12-22(13-11-21)38(35,36)32(17-8-3)18-9-4/h8-13H,3-4,6-7,14-20H2,1-2,5H3,(H,29,33). The van der Waals surface area contributed by atoms with E-state index in [-0.39, 0.29) is 29.8 Å². The van der Waals surface area contributed by atoms with Gasteiger partial charge in [-0.25, -0.2) is 8.42 Å². The van der Waals surface area contributed by atoms with Gasteiger partial charge in [-0.1, -0.05) is 26.0 Å². The van der Waals surface area contributed by atoms with Gasteiger partial charge < -0.3 is 15.1 Å². The molecule has 0 saturated heterocycles. The number of hydrogen-bond donors (Lipinski definition) is 1. The molecule has 3 rings (SSSR count). The van der Waals surface area contributed by atoms with Crippen LogP contribution in [0.25, 0.3) is 0 Å². The van der Waals surface area contributed by atoms with E-state index in [0.717, 1.165) is 42.8 Å². The number of carbonyl (C=O) groups is 2. The van der Waals surface area contributed by atoms with Crippen molar-refractivity contribution in [1.82, 2.24) is 14.1 Å². The second kappa shape index (κ2) is 13.3. The average Bonchev–Trinajstić information content (AvgIpc) is 3.24. The lowest BCUT2D eigenvalue weighted by Gasteiger charge is -2.25. The van der Waals surface area contributed by atoms with Crippen LogP contribution in [-0.4, -0.2) is 74.1 Å². The van der Waals surface area contributed by atoms with Crippen LogP contribution in [0.1, 0.15) is 57.8 Å². The summed E-state index contributed by atoms with van der Waals surface area (Å²) in [6, 6.07) is 5.83. The number of nitrogens with one attached hydrogen (secondary N) is 1. The Morgan fingerprint density at radius 1 is 1.08 bits per heavy atom. The Morgan fingerprint density at radius 2 is 1.68 bits per heavy atom. The molecule has 0 aliphatic carbocycles. The summed E-state index contributed by atoms with van der Waals surface area (Å²) >= 11 is 1.45. The monoisotopic (exact) mass is 558 g/mol. The Bertz CT molecular complexity index is 1250. The quantitative estimate of drug-likeness (QED) is 0.363. The van der Waals surface area contributed by atoms with Gasteiger partial charge in [0.05, 0.1) is 10.5 Å². The van der Waals surface area contributed by atoms with E-state index < -0.39 is 10.0 Å². The molecular weight excluding hydrogens is 520 g/mol. The molecule has 2 heterocycles. The molecule has 0 bridgehead atoms. The van der Waals surface area contributed by atoms with Crippen molar-refractivity contribution in [2.24, 2.45) is 0 Å². The van der Waals surface area contributed by atoms with Crippen LogP contribution in [0.4, 0.5) is 5.00 Å². The summed E-state index contributed by atoms with van der Waals surface area (Å²) < 4.78 is 27.3. The van der Waals surface area contributed by atoms with Crippen molar-refractivity contribution in [1.29, 1.82) is 0 Å². The summed E-state index contributed by atoms with van der Waals surface area (Å²) in [7, 11) is -1.72. The summed E-state index contributed by atoms with van der Waals surface area (Å²) in [6.07, 6.45) is 5.50. The summed E-state index contributed by atoms with van der Waals surface area (Å²) in [6.45, 7) is 14.6. The third kappa shape index (κ3) is 6.61. The van der Waals surface area contributed by atoms with Crippen molar-refractivity contribution in [2.75, 3.05) is 45.1 Å². The first-order valence-corrected chi connectivity index (χ1v) is 15.2. The van der Waals surface area contributed by atoms with Gasteiger partial charge in [0.15, 0.2) is 0 Å². The summed E-state index contributed by atoms with van der Waals surface area (Å²) in [5.74, 6) is -0.432. The third-order valence-electron chi connectivity index (χ3n) is 6.38. The highest BCUT2D eigenvalue weighted by molar-refractivity contribution is 7.89. The minimum atomic E-state index is -3.77. The molecule has 1 aromatic heterocycles. The van der Waals surface area contributed by atoms with Crippen molar-refractivity contribution in [3.05, 3.63) is 71.1 Å². The Hall–Kier alpha value is -2.79. The van der Waals surface area contributed by atoms with Crippen LogP contribution in [0, 0.1) is 0 Å². The molecule has 8 nitrogen and oxygen atoms in total. The smallest absolute Gasteiger partial charge is 0.257 e. The minimum Gasteiger partial charge on any atom is -0.339 e. The number of carbonyl (C=O) groups excluding carboxylic acids is 2. The second-order valence-electron chi connectivity index (χ2n) is 9.37. The molecule has 2 amide bonds. The zero-order chi connectivity index (χ0) is 27.9. The number of nitrogens with zero attached hydrogens (tertiary/aromatic N) is 3. The van der Waals surface area contributed by atoms with Gasteiger partial charge in [-0.05, 0) is 56.1 Å². The predicted octanol–water partition coefficient (Wildman–Crippen LogP) is 4.61. The molecule has 38 heavy (non-hydrogen) atoms. The number of fused-ring (bicyclic) bond motifs is 1. The zero-order valence-corrected chi connectivity index (χ0v) is 24.2. The SMILES string of the molecule is C=CCN(CC=C)S(=O)(=O)c1ccc(C(=O)Nc2sc3c(c2C(=O)N(CCC)CCC)CCN(C)C3)cc1. The maximum Gasteiger partial charge on any atom is 0.257 e. The lowest BCUT2D eigenvalue weighted by Crippen LogP contribution is -2.34. The Labute approximate surface area is 230 Å². The molecule has 0 unspecified atom stereocenters. The number of thiophene rings is 1. The van der Waals surface area contributed by atoms with Crippen molar-refractivity contribution in [3.8, 4) is 0 Å². The van der Waals surface area contributed by atoms with Gasteiger partial charge >= 0.3 is 0 Å². The van der Waals surface area contributed by atoms with Gasteiger partial charge in [0.2, 0.25) is 10.0 Å². The number of rotatable bonds is 13. The first-order chi connectivity index (χ1) is 18.2. The first-order valence-electron chi connectivity index (χ1n) is 12.9. The maximum atomic E-state index is 13.7. The van der Waals surface area contributed by atoms with E-state index in [4.69, 9.17) is 0 Å². The van der Waals surface area contributed by atoms with Gasteiger partial charge in [0.25, 0.3) is 11.8 Å². The lowest BCUT2D eigenvalue weighted by molar-refractivity contribution is 0.0755. The molecule has 1 N–H and O–H groups in total. The van der Waals surface area contributed by atoms with E-state index in [1.54, 1.807) is 0 Å². The van der Waals surface area contributed by atoms with E-state index in [2.05, 4.69) is 37.2 Å². The van der Waals surface area contributed by atoms with Crippen LogP contribution in [0.5, 0.6) is 0 Å². The molecule has 2 aromatic rings. The number of anilines is 1. The van der Waals surface area contributed by atoms with Crippen LogP contribution in [0.2, 0.25) is 0 Å². The van der Waals surface area contributed by atoms with E-state index >= 15 is 0 Å². The van der Waals surface area contributed by atoms with Crippen LogP contribution in [0.15, 0.2) is 54.5 Å². The molecule has 0 fully saturated rings. The molecule has 10 heteroatoms. The molecule has 0 radical (unpaired) electrons. The van der Waals surface area contributed by atoms with E-state index in [9.17, 15) is 18.0 Å². The van der Waals surface area contributed by atoms with Gasteiger partial charge in [-0.3, -0.25) is 9.59 Å². The van der Waals surface area contributed by atoms with Gasteiger partial charge in [0.1, 0.15) is 5.00 Å². The van der Waals surface area contributed by atoms with Crippen LogP contribution < -0.4 is 5.32 Å². The second-order valence-corrected chi connectivity index (χ2v) is 12.4. The topological polar surface area (TPSA) is 90.0 Å². The number of benzene rings is 1. The number of hydrogen-bond acceptors (Lipinski definition) is 6. The maximum absolute atomic E-state index is 13.7. The van der Waals surface area contributed by atoms with Gasteiger partial charge in [0, 0.05) is 49.7 Å². The largest absolute Gasteiger partial charge is 0.339 e. The van der Waals surface area contributed by atoms with Crippen LogP contribution in [0.3, 0.4) is 0 Å². The Morgan fingerprint density at radius 3 is 2.24 bits per heavy atom. The zero-order valence-electron chi connectivity index (χ0n) is 22.5. The summed E-state index contributed by atoms with van der Waals surface area (Å²) in [4.78, 5) is 32.2. The molecule has 1 aromatic carbocycles. The fourth-order valence-corrected chi connectivity index (χ4v) is 7.22. The molecule has 0 saturated carbocycles. The van der Waals surface area contributed by atoms with Crippen LogP contribution in [-0.2, 0) is 23.0 Å². The Kier molecular flexibility index (Phi) is 10.4. The van der Waals surface area contributed by atoms with E-state index in [0.29, 0.717) is 29.2 Å². The minimum absolute atomic E-state index is 0.0444. The van der Waals surface area contributed by atoms with Crippen molar-refractivity contribution >= 4 is 38.2 Å². The molecular formula is C28H38N4O4S2. The number of amides is 2. The van der Waals surface area contributed by atoms with Crippen molar-refractivity contribution in [3.63, 3.8) is 0 Å². The van der Waals surface area contributed by atoms with Crippen LogP contribution >= 0.6 is 11.3 Å². The fraction of sp³-hybridized carbons (Fsp3) is 0.429. The van der Waals surface area contributed by atoms with Crippen molar-refractivity contribution in [2.45, 2.75) is 44.6 Å². The third-order valence-corrected chi connectivity index (χ3v) is 9.36. The number of sulfonamides is 1. The molecule has 0 atom stereocenters. The molecule has 0 spiro atoms. The highest BCUT2D eigenvalue weighted by Crippen LogP contribution is 2.38. The molecule has 1 aliphatic rings. The highest BCUT2D eigenvalue weighted by atomic mass is 32.2. The van der Waals surface area contributed by atoms with E-state index in [1.165, 1.54) is 52.1 Å². The van der Waals surface area contributed by atoms with Gasteiger partial charge in [-0.2, -0.15) is 4.31 Å². The molecule has 1 aliphatic heterocycles. The number of likely N-dealkylation sites (N-methyl/N-ethyl adjacent to an activating group) is 1. The molecule has 206 valence electrons. The highest BCUT2D eigenvalue weighted by Gasteiger charge is 2.30. The van der Waals surface area contributed by atoms with E-state index in [1.807, 2.05) is 11.9 Å². The normalized spacial score (nSPS) is 13.7. The first kappa shape index (κ1) is 29.8. The predicted molar refractivity (Wildman–Crippen MR) is 154 cm³/mol.